The molecule has 0 N–H and O–H groups in total. The molecule has 0 saturated carbocycles. The largest absolute Gasteiger partial charge is 0.0590 e. The summed E-state index contributed by atoms with van der Waals surface area (Å²) in [6.07, 6.45) is 2.66. The fourth-order valence-corrected chi connectivity index (χ4v) is 3.92. The van der Waals surface area contributed by atoms with Crippen molar-refractivity contribution >= 4 is 0 Å². The van der Waals surface area contributed by atoms with Crippen LogP contribution in [0.1, 0.15) is 58.1 Å². The van der Waals surface area contributed by atoms with Gasteiger partial charge in [-0.3, -0.25) is 0 Å². The fraction of sp³-hybridized carbons (Fsp3) is 0.333. The van der Waals surface area contributed by atoms with Crippen LogP contribution in [0, 0.1) is 13.8 Å². The first-order valence-corrected chi connectivity index (χ1v) is 6.95. The van der Waals surface area contributed by atoms with Gasteiger partial charge in [-0.15, -0.1) is 0 Å². The van der Waals surface area contributed by atoms with E-state index in [1.807, 2.05) is 0 Å². The van der Waals surface area contributed by atoms with Gasteiger partial charge >= 0.3 is 0 Å². The third-order valence-electron chi connectivity index (χ3n) is 4.73. The number of hydrogen-bond acceptors (Lipinski definition) is 0. The topological polar surface area (TPSA) is 0 Å². The van der Waals surface area contributed by atoms with E-state index < -0.39 is 0 Å². The summed E-state index contributed by atoms with van der Waals surface area (Å²) >= 11 is 0. The zero-order valence-corrected chi connectivity index (χ0v) is 11.0. The zero-order valence-electron chi connectivity index (χ0n) is 11.0. The minimum atomic E-state index is 0.653. The van der Waals surface area contributed by atoms with Gasteiger partial charge < -0.3 is 0 Å². The highest BCUT2D eigenvalue weighted by molar-refractivity contribution is 5.56. The molecule has 0 radical (unpaired) electrons. The summed E-state index contributed by atoms with van der Waals surface area (Å²) in [4.78, 5) is 0. The van der Waals surface area contributed by atoms with E-state index in [2.05, 4.69) is 50.2 Å². The van der Waals surface area contributed by atoms with E-state index in [0.29, 0.717) is 11.8 Å². The Labute approximate surface area is 109 Å². The Morgan fingerprint density at radius 2 is 1.11 bits per heavy atom. The summed E-state index contributed by atoms with van der Waals surface area (Å²) in [5.74, 6) is 1.31. The molecule has 2 bridgehead atoms. The summed E-state index contributed by atoms with van der Waals surface area (Å²) in [5, 5.41) is 0. The first-order chi connectivity index (χ1) is 8.74. The van der Waals surface area contributed by atoms with Gasteiger partial charge in [-0.25, -0.2) is 0 Å². The van der Waals surface area contributed by atoms with E-state index >= 15 is 0 Å². The Morgan fingerprint density at radius 1 is 0.667 bits per heavy atom. The van der Waals surface area contributed by atoms with E-state index in [1.165, 1.54) is 24.0 Å². The van der Waals surface area contributed by atoms with Crippen molar-refractivity contribution in [3.8, 4) is 0 Å². The van der Waals surface area contributed by atoms with Crippen molar-refractivity contribution < 1.29 is 0 Å². The molecule has 5 rings (SSSR count). The van der Waals surface area contributed by atoms with Crippen LogP contribution in [0.15, 0.2) is 36.4 Å². The first kappa shape index (κ1) is 10.4. The number of benzene rings is 2. The standard InChI is InChI=1S/C18H18/c1-11-3-5-13-16-8-7-15(17(13)9-11)14-6-4-12(2)10-18(14)16/h3-6,9-10,15-16H,7-8H2,1-2H3/t15-,16-/m1/s1. The second-order valence-corrected chi connectivity index (χ2v) is 5.95. The molecule has 3 aliphatic rings. The predicted molar refractivity (Wildman–Crippen MR) is 75.3 cm³/mol. The van der Waals surface area contributed by atoms with Crippen molar-refractivity contribution in [3.63, 3.8) is 0 Å². The van der Waals surface area contributed by atoms with E-state index in [9.17, 15) is 0 Å². The first-order valence-electron chi connectivity index (χ1n) is 6.95. The molecular weight excluding hydrogens is 216 g/mol. The average molecular weight is 234 g/mol. The van der Waals surface area contributed by atoms with E-state index in [1.54, 1.807) is 22.3 Å². The second-order valence-electron chi connectivity index (χ2n) is 5.95. The Morgan fingerprint density at radius 3 is 1.56 bits per heavy atom. The lowest BCUT2D eigenvalue weighted by molar-refractivity contribution is 0.519. The molecule has 0 aliphatic heterocycles. The van der Waals surface area contributed by atoms with Gasteiger partial charge in [0.15, 0.2) is 0 Å². The highest BCUT2D eigenvalue weighted by Crippen LogP contribution is 2.52. The average Bonchev–Trinajstić information content (AvgIpc) is 2.38. The van der Waals surface area contributed by atoms with Gasteiger partial charge in [-0.1, -0.05) is 47.5 Å². The molecule has 0 heterocycles. The Kier molecular flexibility index (Phi) is 2.00. The third-order valence-corrected chi connectivity index (χ3v) is 4.73. The molecule has 0 heteroatoms. The van der Waals surface area contributed by atoms with Crippen LogP contribution in [0.2, 0.25) is 0 Å². The molecule has 0 fully saturated rings. The summed E-state index contributed by atoms with van der Waals surface area (Å²) in [5.41, 5.74) is 9.18. The third kappa shape index (κ3) is 1.26. The van der Waals surface area contributed by atoms with Crippen LogP contribution in [0.5, 0.6) is 0 Å². The lowest BCUT2D eigenvalue weighted by atomic mass is 9.63. The van der Waals surface area contributed by atoms with E-state index in [4.69, 9.17) is 0 Å². The van der Waals surface area contributed by atoms with Crippen LogP contribution in [0.25, 0.3) is 0 Å². The van der Waals surface area contributed by atoms with Crippen LogP contribution >= 0.6 is 0 Å². The van der Waals surface area contributed by atoms with E-state index in [0.717, 1.165) is 0 Å². The number of fused-ring (bicyclic) bond motifs is 1. The van der Waals surface area contributed by atoms with Gasteiger partial charge in [-0.05, 0) is 48.9 Å². The van der Waals surface area contributed by atoms with Gasteiger partial charge in [0, 0.05) is 11.8 Å². The van der Waals surface area contributed by atoms with Crippen LogP contribution in [-0.2, 0) is 0 Å². The molecule has 0 amide bonds. The van der Waals surface area contributed by atoms with Gasteiger partial charge in [0.2, 0.25) is 0 Å². The maximum Gasteiger partial charge on any atom is 0.00956 e. The maximum atomic E-state index is 2.41. The zero-order chi connectivity index (χ0) is 12.3. The van der Waals surface area contributed by atoms with Gasteiger partial charge in [-0.2, -0.15) is 0 Å². The van der Waals surface area contributed by atoms with Crippen molar-refractivity contribution in [3.05, 3.63) is 69.8 Å². The highest BCUT2D eigenvalue weighted by Gasteiger charge is 2.36. The molecule has 0 nitrogen and oxygen atoms in total. The Balaban J connectivity index is 1.99. The summed E-state index contributed by atoms with van der Waals surface area (Å²) in [7, 11) is 0. The van der Waals surface area contributed by atoms with Crippen molar-refractivity contribution in [2.75, 3.05) is 0 Å². The second kappa shape index (κ2) is 3.47. The highest BCUT2D eigenvalue weighted by atomic mass is 14.4. The predicted octanol–water partition coefficient (Wildman–Crippen LogP) is 4.67. The van der Waals surface area contributed by atoms with Gasteiger partial charge in [0.1, 0.15) is 0 Å². The molecule has 3 aliphatic carbocycles. The molecule has 90 valence electrons. The lowest BCUT2D eigenvalue weighted by Crippen LogP contribution is -2.24. The number of aryl methyl sites for hydroxylation is 2. The molecule has 18 heavy (non-hydrogen) atoms. The van der Waals surface area contributed by atoms with Crippen LogP contribution in [-0.4, -0.2) is 0 Å². The lowest BCUT2D eigenvalue weighted by Gasteiger charge is -2.40. The summed E-state index contributed by atoms with van der Waals surface area (Å²) in [6, 6.07) is 14.1. The molecule has 0 spiro atoms. The van der Waals surface area contributed by atoms with Crippen molar-refractivity contribution in [1.29, 1.82) is 0 Å². The minimum absolute atomic E-state index is 0.653. The van der Waals surface area contributed by atoms with Gasteiger partial charge in [0.25, 0.3) is 0 Å². The monoisotopic (exact) mass is 234 g/mol. The van der Waals surface area contributed by atoms with Crippen molar-refractivity contribution in [2.45, 2.75) is 38.5 Å². The SMILES string of the molecule is Cc1ccc2c(c1)[C@@H]1CC[C@H]2c2cc(C)ccc21. The normalized spacial score (nSPS) is 23.7. The number of rotatable bonds is 0. The summed E-state index contributed by atoms with van der Waals surface area (Å²) < 4.78 is 0. The Hall–Kier alpha value is -1.56. The summed E-state index contributed by atoms with van der Waals surface area (Å²) in [6.45, 7) is 4.41. The molecule has 0 saturated heterocycles. The number of hydrogen-bond donors (Lipinski definition) is 0. The molecule has 2 atom stereocenters. The molecular formula is C18H18. The maximum absolute atomic E-state index is 2.41. The van der Waals surface area contributed by atoms with Crippen molar-refractivity contribution in [2.24, 2.45) is 0 Å². The Bertz CT molecular complexity index is 579. The van der Waals surface area contributed by atoms with E-state index in [-0.39, 0.29) is 0 Å². The molecule has 2 aromatic carbocycles. The molecule has 2 aromatic rings. The quantitative estimate of drug-likeness (QED) is 0.621. The molecule has 0 aromatic heterocycles. The molecule has 0 unspecified atom stereocenters. The van der Waals surface area contributed by atoms with Gasteiger partial charge in [0.05, 0.1) is 0 Å². The van der Waals surface area contributed by atoms with Crippen LogP contribution < -0.4 is 0 Å². The van der Waals surface area contributed by atoms with Crippen molar-refractivity contribution in [1.82, 2.24) is 0 Å². The smallest absolute Gasteiger partial charge is 0.00956 e. The van der Waals surface area contributed by atoms with Crippen LogP contribution in [0.4, 0.5) is 0 Å². The fourth-order valence-electron chi connectivity index (χ4n) is 3.92. The minimum Gasteiger partial charge on any atom is -0.0590 e. The van der Waals surface area contributed by atoms with Crippen LogP contribution in [0.3, 0.4) is 0 Å².